The van der Waals surface area contributed by atoms with Gasteiger partial charge in [-0.15, -0.1) is 0 Å². The molecule has 1 aromatic heterocycles. The highest BCUT2D eigenvalue weighted by atomic mass is 19.4. The molecule has 1 amide bonds. The lowest BCUT2D eigenvalue weighted by Gasteiger charge is -2.31. The molecule has 0 N–H and O–H groups in total. The van der Waals surface area contributed by atoms with Crippen LogP contribution in [0.2, 0.25) is 0 Å². The minimum atomic E-state index is -4.61. The number of aromatic nitrogens is 2. The number of amides is 1. The third-order valence-corrected chi connectivity index (χ3v) is 6.86. The molecule has 1 atom stereocenters. The number of alkyl halides is 3. The van der Waals surface area contributed by atoms with E-state index in [9.17, 15) is 22.8 Å². The first-order valence-electron chi connectivity index (χ1n) is 12.9. The molecule has 0 bridgehead atoms. The molecule has 0 spiro atoms. The maximum Gasteiger partial charge on any atom is 0.416 e. The second kappa shape index (κ2) is 11.3. The van der Waals surface area contributed by atoms with Crippen LogP contribution in [0.5, 0.6) is 5.75 Å². The molecular weight excluding hydrogens is 531 g/mol. The maximum atomic E-state index is 14.0. The molecule has 0 saturated carbocycles. The number of methoxy groups -OCH3 is 1. The Balaban J connectivity index is 1.72. The molecule has 0 fully saturated rings. The van der Waals surface area contributed by atoms with E-state index in [1.165, 1.54) is 28.7 Å². The first-order valence-corrected chi connectivity index (χ1v) is 12.9. The van der Waals surface area contributed by atoms with Gasteiger partial charge in [-0.25, -0.2) is 4.98 Å². The molecule has 208 valence electrons. The van der Waals surface area contributed by atoms with Crippen LogP contribution < -0.4 is 10.3 Å². The summed E-state index contributed by atoms with van der Waals surface area (Å²) in [6.07, 6.45) is -4.61. The number of ether oxygens (including phenoxy) is 1. The number of fused-ring (bicyclic) bond motifs is 1. The fraction of sp³-hybridized carbons (Fsp3) is 0.156. The van der Waals surface area contributed by atoms with Crippen LogP contribution in [-0.4, -0.2) is 27.5 Å². The molecule has 4 aromatic carbocycles. The molecular formula is C32H26F3N3O3. The number of hydrogen-bond donors (Lipinski definition) is 0. The molecule has 9 heteroatoms. The zero-order chi connectivity index (χ0) is 29.1. The summed E-state index contributed by atoms with van der Waals surface area (Å²) < 4.78 is 47.5. The van der Waals surface area contributed by atoms with E-state index in [1.54, 1.807) is 55.5 Å². The smallest absolute Gasteiger partial charge is 0.416 e. The van der Waals surface area contributed by atoms with Crippen molar-refractivity contribution < 1.29 is 22.7 Å². The van der Waals surface area contributed by atoms with Crippen LogP contribution in [0.3, 0.4) is 0 Å². The molecule has 5 aromatic rings. The number of rotatable bonds is 7. The van der Waals surface area contributed by atoms with Crippen molar-refractivity contribution in [3.63, 3.8) is 0 Å². The van der Waals surface area contributed by atoms with Gasteiger partial charge in [-0.2, -0.15) is 13.2 Å². The van der Waals surface area contributed by atoms with Crippen molar-refractivity contribution >= 4 is 16.8 Å². The topological polar surface area (TPSA) is 64.4 Å². The predicted octanol–water partition coefficient (Wildman–Crippen LogP) is 6.82. The van der Waals surface area contributed by atoms with Crippen molar-refractivity contribution in [2.24, 2.45) is 0 Å². The Kier molecular flexibility index (Phi) is 7.61. The number of para-hydroxylation sites is 3. The quantitative estimate of drug-likeness (QED) is 0.220. The zero-order valence-corrected chi connectivity index (χ0v) is 22.3. The van der Waals surface area contributed by atoms with Gasteiger partial charge in [-0.1, -0.05) is 60.7 Å². The van der Waals surface area contributed by atoms with Crippen molar-refractivity contribution in [3.8, 4) is 11.4 Å². The fourth-order valence-corrected chi connectivity index (χ4v) is 4.78. The standard InChI is InChI=1S/C32H26F3N3O3/c1-21(29-36-26-16-7-6-15-25(26)31(40)38(29)27-17-8-9-18-28(27)41-2)37(20-22-11-4-3-5-12-22)30(39)23-13-10-14-24(19-23)32(33,34)35/h3-19,21H,20H2,1-2H3. The lowest BCUT2D eigenvalue weighted by Crippen LogP contribution is -2.37. The van der Waals surface area contributed by atoms with Crippen LogP contribution >= 0.6 is 0 Å². The minimum absolute atomic E-state index is 0.0612. The second-order valence-electron chi connectivity index (χ2n) is 9.47. The third kappa shape index (κ3) is 5.56. The van der Waals surface area contributed by atoms with Gasteiger partial charge in [-0.05, 0) is 55.0 Å². The number of nitrogens with zero attached hydrogens (tertiary/aromatic N) is 3. The van der Waals surface area contributed by atoms with Gasteiger partial charge in [0.25, 0.3) is 11.5 Å². The molecule has 0 saturated heterocycles. The minimum Gasteiger partial charge on any atom is -0.495 e. The van der Waals surface area contributed by atoms with E-state index in [2.05, 4.69) is 0 Å². The van der Waals surface area contributed by atoms with Crippen LogP contribution in [-0.2, 0) is 12.7 Å². The Morgan fingerprint density at radius 1 is 0.927 bits per heavy atom. The SMILES string of the molecule is COc1ccccc1-n1c(C(C)N(Cc2ccccc2)C(=O)c2cccc(C(F)(F)F)c2)nc2ccccc2c1=O. The number of carbonyl (C=O) groups is 1. The first-order chi connectivity index (χ1) is 19.7. The van der Waals surface area contributed by atoms with Crippen LogP contribution in [0.4, 0.5) is 13.2 Å². The first kappa shape index (κ1) is 27.6. The number of hydrogen-bond acceptors (Lipinski definition) is 4. The molecule has 41 heavy (non-hydrogen) atoms. The second-order valence-corrected chi connectivity index (χ2v) is 9.47. The summed E-state index contributed by atoms with van der Waals surface area (Å²) in [5.74, 6) is 0.00911. The van der Waals surface area contributed by atoms with Gasteiger partial charge in [0.15, 0.2) is 0 Å². The van der Waals surface area contributed by atoms with Crippen LogP contribution in [0, 0.1) is 0 Å². The fourth-order valence-electron chi connectivity index (χ4n) is 4.78. The lowest BCUT2D eigenvalue weighted by atomic mass is 10.1. The largest absolute Gasteiger partial charge is 0.495 e. The Morgan fingerprint density at radius 2 is 1.61 bits per heavy atom. The molecule has 1 heterocycles. The highest BCUT2D eigenvalue weighted by Gasteiger charge is 2.33. The van der Waals surface area contributed by atoms with Gasteiger partial charge >= 0.3 is 6.18 Å². The summed E-state index contributed by atoms with van der Waals surface area (Å²) in [5.41, 5.74) is 0.183. The van der Waals surface area contributed by atoms with Gasteiger partial charge in [0.2, 0.25) is 0 Å². The summed E-state index contributed by atoms with van der Waals surface area (Å²) in [5, 5.41) is 0.369. The molecule has 0 aliphatic carbocycles. The van der Waals surface area contributed by atoms with Crippen molar-refractivity contribution in [1.29, 1.82) is 0 Å². The van der Waals surface area contributed by atoms with Gasteiger partial charge in [0, 0.05) is 12.1 Å². The average Bonchev–Trinajstić information content (AvgIpc) is 2.99. The van der Waals surface area contributed by atoms with Crippen molar-refractivity contribution in [2.75, 3.05) is 7.11 Å². The Bertz CT molecular complexity index is 1770. The zero-order valence-electron chi connectivity index (χ0n) is 22.3. The summed E-state index contributed by atoms with van der Waals surface area (Å²) in [6, 6.07) is 26.4. The van der Waals surface area contributed by atoms with E-state index in [1.807, 2.05) is 30.3 Å². The summed E-state index contributed by atoms with van der Waals surface area (Å²) in [7, 11) is 1.49. The van der Waals surface area contributed by atoms with Gasteiger partial charge in [0.1, 0.15) is 11.6 Å². The molecule has 0 aliphatic heterocycles. The predicted molar refractivity (Wildman–Crippen MR) is 150 cm³/mol. The maximum absolute atomic E-state index is 14.0. The molecule has 6 nitrogen and oxygen atoms in total. The van der Waals surface area contributed by atoms with E-state index >= 15 is 0 Å². The van der Waals surface area contributed by atoms with Crippen LogP contribution in [0.25, 0.3) is 16.6 Å². The Morgan fingerprint density at radius 3 is 2.34 bits per heavy atom. The van der Waals surface area contributed by atoms with E-state index in [-0.39, 0.29) is 23.5 Å². The Hall–Kier alpha value is -4.92. The van der Waals surface area contributed by atoms with E-state index in [4.69, 9.17) is 9.72 Å². The molecule has 0 aliphatic rings. The lowest BCUT2D eigenvalue weighted by molar-refractivity contribution is -0.137. The summed E-state index contributed by atoms with van der Waals surface area (Å²) in [4.78, 5) is 34.2. The highest BCUT2D eigenvalue weighted by molar-refractivity contribution is 5.94. The van der Waals surface area contributed by atoms with Crippen molar-refractivity contribution in [3.05, 3.63) is 136 Å². The normalized spacial score (nSPS) is 12.2. The van der Waals surface area contributed by atoms with Crippen LogP contribution in [0.15, 0.2) is 108 Å². The van der Waals surface area contributed by atoms with E-state index < -0.39 is 23.7 Å². The highest BCUT2D eigenvalue weighted by Crippen LogP contribution is 2.32. The third-order valence-electron chi connectivity index (χ3n) is 6.86. The summed E-state index contributed by atoms with van der Waals surface area (Å²) in [6.45, 7) is 1.77. The van der Waals surface area contributed by atoms with Gasteiger partial charge in [0.05, 0.1) is 35.3 Å². The van der Waals surface area contributed by atoms with E-state index in [0.29, 0.717) is 22.3 Å². The number of benzene rings is 4. The van der Waals surface area contributed by atoms with Crippen molar-refractivity contribution in [1.82, 2.24) is 14.5 Å². The molecule has 0 radical (unpaired) electrons. The van der Waals surface area contributed by atoms with Crippen molar-refractivity contribution in [2.45, 2.75) is 25.7 Å². The number of carbonyl (C=O) groups excluding carboxylic acids is 1. The van der Waals surface area contributed by atoms with E-state index in [0.717, 1.165) is 17.7 Å². The average molecular weight is 558 g/mol. The van der Waals surface area contributed by atoms with Gasteiger partial charge in [-0.3, -0.25) is 14.2 Å². The van der Waals surface area contributed by atoms with Crippen LogP contribution in [0.1, 0.15) is 40.3 Å². The number of halogens is 3. The molecule has 5 rings (SSSR count). The molecule has 1 unspecified atom stereocenters. The van der Waals surface area contributed by atoms with Gasteiger partial charge < -0.3 is 9.64 Å². The Labute approximate surface area is 234 Å². The monoisotopic (exact) mass is 557 g/mol. The summed E-state index contributed by atoms with van der Waals surface area (Å²) >= 11 is 0.